The number of nitrogens with zero attached hydrogens (tertiary/aromatic N) is 3. The summed E-state index contributed by atoms with van der Waals surface area (Å²) in [5, 5.41) is 11.3. The molecule has 0 aliphatic carbocycles. The van der Waals surface area contributed by atoms with Crippen molar-refractivity contribution in [2.75, 3.05) is 31.1 Å². The summed E-state index contributed by atoms with van der Waals surface area (Å²) in [6.45, 7) is 4.05. The van der Waals surface area contributed by atoms with Gasteiger partial charge in [0.2, 0.25) is 0 Å². The van der Waals surface area contributed by atoms with Gasteiger partial charge in [-0.25, -0.2) is 0 Å². The van der Waals surface area contributed by atoms with Crippen molar-refractivity contribution in [2.24, 2.45) is 0 Å². The van der Waals surface area contributed by atoms with Gasteiger partial charge >= 0.3 is 0 Å². The number of benzene rings is 2. The monoisotopic (exact) mass is 325 g/mol. The van der Waals surface area contributed by atoms with E-state index in [0.29, 0.717) is 17.5 Å². The van der Waals surface area contributed by atoms with E-state index in [1.54, 1.807) is 12.1 Å². The van der Waals surface area contributed by atoms with E-state index in [0.717, 1.165) is 32.7 Å². The predicted octanol–water partition coefficient (Wildman–Crippen LogP) is 2.73. The third kappa shape index (κ3) is 3.60. The number of carbonyl (C=O) groups is 1. The van der Waals surface area contributed by atoms with Crippen LogP contribution in [0.3, 0.4) is 0 Å². The molecule has 0 unspecified atom stereocenters. The number of aldehydes is 1. The smallest absolute Gasteiger partial charge is 0.293 e. The van der Waals surface area contributed by atoms with Crippen LogP contribution in [0.5, 0.6) is 0 Å². The molecule has 6 heteroatoms. The maximum absolute atomic E-state index is 11.3. The third-order valence-electron chi connectivity index (χ3n) is 4.29. The van der Waals surface area contributed by atoms with Crippen molar-refractivity contribution in [3.63, 3.8) is 0 Å². The standard InChI is InChI=1S/C18H19N3O3/c22-14-16-6-7-17(18(12-16)21(23)24)20-10-8-19(9-11-20)13-15-4-2-1-3-5-15/h1-7,12,14H,8-11,13H2. The van der Waals surface area contributed by atoms with Crippen LogP contribution in [0.25, 0.3) is 0 Å². The van der Waals surface area contributed by atoms with Crippen LogP contribution in [0.4, 0.5) is 11.4 Å². The summed E-state index contributed by atoms with van der Waals surface area (Å²) in [4.78, 5) is 26.1. The molecule has 1 aliphatic rings. The first-order chi connectivity index (χ1) is 11.7. The highest BCUT2D eigenvalue weighted by Gasteiger charge is 2.24. The molecule has 2 aromatic carbocycles. The average Bonchev–Trinajstić information content (AvgIpc) is 2.63. The highest BCUT2D eigenvalue weighted by atomic mass is 16.6. The summed E-state index contributed by atoms with van der Waals surface area (Å²) in [7, 11) is 0. The molecule has 2 aromatic rings. The fourth-order valence-corrected chi connectivity index (χ4v) is 3.02. The SMILES string of the molecule is O=Cc1ccc(N2CCN(Cc3ccccc3)CC2)c([N+](=O)[O-])c1. The number of nitro benzene ring substituents is 1. The second-order valence-electron chi connectivity index (χ2n) is 5.87. The van der Waals surface area contributed by atoms with Gasteiger partial charge in [-0.3, -0.25) is 19.8 Å². The summed E-state index contributed by atoms with van der Waals surface area (Å²) in [5.74, 6) is 0. The van der Waals surface area contributed by atoms with E-state index >= 15 is 0 Å². The number of rotatable bonds is 5. The first kappa shape index (κ1) is 16.1. The van der Waals surface area contributed by atoms with Crippen LogP contribution in [0.15, 0.2) is 48.5 Å². The van der Waals surface area contributed by atoms with E-state index in [4.69, 9.17) is 0 Å². The van der Waals surface area contributed by atoms with Crippen molar-refractivity contribution in [1.82, 2.24) is 4.90 Å². The molecule has 1 fully saturated rings. The maximum Gasteiger partial charge on any atom is 0.293 e. The highest BCUT2D eigenvalue weighted by molar-refractivity contribution is 5.79. The average molecular weight is 325 g/mol. The molecule has 0 aromatic heterocycles. The predicted molar refractivity (Wildman–Crippen MR) is 92.4 cm³/mol. The van der Waals surface area contributed by atoms with E-state index in [2.05, 4.69) is 17.0 Å². The Morgan fingerprint density at radius 1 is 1.04 bits per heavy atom. The molecule has 0 N–H and O–H groups in total. The van der Waals surface area contributed by atoms with E-state index in [1.165, 1.54) is 11.6 Å². The van der Waals surface area contributed by atoms with Gasteiger partial charge in [0.25, 0.3) is 5.69 Å². The molecule has 0 saturated carbocycles. The van der Waals surface area contributed by atoms with Gasteiger partial charge in [0, 0.05) is 44.4 Å². The van der Waals surface area contributed by atoms with Crippen molar-refractivity contribution >= 4 is 17.7 Å². The molecule has 1 saturated heterocycles. The number of hydrogen-bond donors (Lipinski definition) is 0. The summed E-state index contributed by atoms with van der Waals surface area (Å²) < 4.78 is 0. The quantitative estimate of drug-likeness (QED) is 0.480. The highest BCUT2D eigenvalue weighted by Crippen LogP contribution is 2.29. The second-order valence-corrected chi connectivity index (χ2v) is 5.87. The van der Waals surface area contributed by atoms with Crippen LogP contribution >= 0.6 is 0 Å². The lowest BCUT2D eigenvalue weighted by atomic mass is 10.1. The molecule has 0 atom stereocenters. The van der Waals surface area contributed by atoms with Gasteiger partial charge in [0.15, 0.2) is 0 Å². The lowest BCUT2D eigenvalue weighted by Crippen LogP contribution is -2.46. The number of carbonyl (C=O) groups excluding carboxylic acids is 1. The maximum atomic E-state index is 11.3. The minimum absolute atomic E-state index is 0.00360. The Hall–Kier alpha value is -2.73. The summed E-state index contributed by atoms with van der Waals surface area (Å²) in [6.07, 6.45) is 0.634. The number of hydrogen-bond acceptors (Lipinski definition) is 5. The Balaban J connectivity index is 1.68. The van der Waals surface area contributed by atoms with Crippen molar-refractivity contribution in [3.8, 4) is 0 Å². The Bertz CT molecular complexity index is 726. The Kier molecular flexibility index (Phi) is 4.86. The molecule has 0 amide bonds. The largest absolute Gasteiger partial charge is 0.363 e. The van der Waals surface area contributed by atoms with Crippen LogP contribution in [-0.4, -0.2) is 42.3 Å². The van der Waals surface area contributed by atoms with Gasteiger partial charge < -0.3 is 4.90 Å². The zero-order valence-corrected chi connectivity index (χ0v) is 13.3. The fourth-order valence-electron chi connectivity index (χ4n) is 3.02. The molecule has 24 heavy (non-hydrogen) atoms. The molecule has 0 bridgehead atoms. The van der Waals surface area contributed by atoms with Gasteiger partial charge in [-0.05, 0) is 17.7 Å². The van der Waals surface area contributed by atoms with Crippen molar-refractivity contribution in [3.05, 3.63) is 69.8 Å². The molecule has 1 aliphatic heterocycles. The van der Waals surface area contributed by atoms with Crippen LogP contribution in [0.2, 0.25) is 0 Å². The van der Waals surface area contributed by atoms with Crippen molar-refractivity contribution in [1.29, 1.82) is 0 Å². The van der Waals surface area contributed by atoms with Crippen molar-refractivity contribution in [2.45, 2.75) is 6.54 Å². The van der Waals surface area contributed by atoms with E-state index in [1.807, 2.05) is 23.1 Å². The minimum atomic E-state index is -0.418. The van der Waals surface area contributed by atoms with Crippen LogP contribution < -0.4 is 4.90 Å². The van der Waals surface area contributed by atoms with Gasteiger partial charge in [0.05, 0.1) is 4.92 Å². The zero-order chi connectivity index (χ0) is 16.9. The van der Waals surface area contributed by atoms with E-state index in [9.17, 15) is 14.9 Å². The summed E-state index contributed by atoms with van der Waals surface area (Å²) >= 11 is 0. The van der Waals surface area contributed by atoms with E-state index in [-0.39, 0.29) is 5.69 Å². The second kappa shape index (κ2) is 7.23. The Labute approximate surface area is 140 Å². The first-order valence-electron chi connectivity index (χ1n) is 7.92. The molecule has 124 valence electrons. The summed E-state index contributed by atoms with van der Waals surface area (Å²) in [6, 6.07) is 14.9. The molecular formula is C18H19N3O3. The lowest BCUT2D eigenvalue weighted by molar-refractivity contribution is -0.384. The summed E-state index contributed by atoms with van der Waals surface area (Å²) in [5.41, 5.74) is 2.18. The van der Waals surface area contributed by atoms with Gasteiger partial charge in [-0.15, -0.1) is 0 Å². The number of piperazine rings is 1. The lowest BCUT2D eigenvalue weighted by Gasteiger charge is -2.35. The zero-order valence-electron chi connectivity index (χ0n) is 13.3. The fraction of sp³-hybridized carbons (Fsp3) is 0.278. The Morgan fingerprint density at radius 2 is 1.75 bits per heavy atom. The van der Waals surface area contributed by atoms with Crippen LogP contribution in [0, 0.1) is 10.1 Å². The van der Waals surface area contributed by atoms with Gasteiger partial charge in [-0.1, -0.05) is 30.3 Å². The van der Waals surface area contributed by atoms with Gasteiger partial charge in [-0.2, -0.15) is 0 Å². The van der Waals surface area contributed by atoms with Crippen molar-refractivity contribution < 1.29 is 9.72 Å². The molecule has 3 rings (SSSR count). The minimum Gasteiger partial charge on any atom is -0.363 e. The van der Waals surface area contributed by atoms with Crippen LogP contribution in [-0.2, 0) is 6.54 Å². The van der Waals surface area contributed by atoms with Gasteiger partial charge in [0.1, 0.15) is 12.0 Å². The topological polar surface area (TPSA) is 66.7 Å². The molecular weight excluding hydrogens is 306 g/mol. The number of anilines is 1. The Morgan fingerprint density at radius 3 is 2.38 bits per heavy atom. The van der Waals surface area contributed by atoms with E-state index < -0.39 is 4.92 Å². The van der Waals surface area contributed by atoms with Crippen LogP contribution in [0.1, 0.15) is 15.9 Å². The molecule has 0 radical (unpaired) electrons. The normalized spacial score (nSPS) is 15.2. The molecule has 1 heterocycles. The third-order valence-corrected chi connectivity index (χ3v) is 4.29. The molecule has 6 nitrogen and oxygen atoms in total. The number of nitro groups is 1. The first-order valence-corrected chi connectivity index (χ1v) is 7.92. The molecule has 0 spiro atoms.